The molecule has 174 valence electrons. The number of hydrogen-bond acceptors (Lipinski definition) is 7. The van der Waals surface area contributed by atoms with Crippen molar-refractivity contribution >= 4 is 49.1 Å². The van der Waals surface area contributed by atoms with E-state index >= 15 is 0 Å². The Morgan fingerprint density at radius 3 is 2.85 bits per heavy atom. The number of halogens is 1. The second kappa shape index (κ2) is 8.84. The fourth-order valence-electron chi connectivity index (χ4n) is 4.24. The van der Waals surface area contributed by atoms with Crippen LogP contribution in [0.15, 0.2) is 30.5 Å². The van der Waals surface area contributed by atoms with Crippen LogP contribution >= 0.6 is 22.9 Å². The van der Waals surface area contributed by atoms with Gasteiger partial charge in [-0.15, -0.1) is 11.3 Å². The smallest absolute Gasteiger partial charge is 0.264 e. The van der Waals surface area contributed by atoms with Gasteiger partial charge < -0.3 is 15.0 Å². The van der Waals surface area contributed by atoms with E-state index in [9.17, 15) is 13.2 Å². The molecular formula is C22H23ClN4O4S2. The van der Waals surface area contributed by atoms with Crippen molar-refractivity contribution < 1.29 is 17.9 Å². The summed E-state index contributed by atoms with van der Waals surface area (Å²) in [6, 6.07) is 7.48. The minimum atomic E-state index is -3.30. The zero-order chi connectivity index (χ0) is 23.2. The quantitative estimate of drug-likeness (QED) is 0.551. The van der Waals surface area contributed by atoms with Gasteiger partial charge in [0.25, 0.3) is 5.91 Å². The van der Waals surface area contributed by atoms with Gasteiger partial charge >= 0.3 is 0 Å². The van der Waals surface area contributed by atoms with Crippen molar-refractivity contribution in [2.24, 2.45) is 0 Å². The first-order chi connectivity index (χ1) is 15.8. The molecule has 3 aromatic rings. The predicted octanol–water partition coefficient (Wildman–Crippen LogP) is 2.40. The molecule has 11 heteroatoms. The van der Waals surface area contributed by atoms with Crippen molar-refractivity contribution in [1.29, 1.82) is 0 Å². The van der Waals surface area contributed by atoms with Crippen molar-refractivity contribution in [2.45, 2.75) is 19.1 Å². The van der Waals surface area contributed by atoms with E-state index in [0.717, 1.165) is 51.1 Å². The molecule has 0 saturated carbocycles. The molecule has 2 aliphatic heterocycles. The van der Waals surface area contributed by atoms with Gasteiger partial charge in [0.2, 0.25) is 10.0 Å². The molecule has 5 rings (SSSR count). The fourth-order valence-corrected chi connectivity index (χ4v) is 6.07. The number of carbonyl (C=O) groups excluding carboxylic acids is 1. The lowest BCUT2D eigenvalue weighted by Gasteiger charge is -2.29. The number of nitrogens with one attached hydrogen (secondary N) is 2. The average Bonchev–Trinajstić information content (AvgIpc) is 3.40. The SMILES string of the molecule is CS(=O)(=O)NCc1cc2nccc(-c3cc(Cl)cc4c3OC(C(=O)N3CCNCC3)C4)c2s1. The van der Waals surface area contributed by atoms with E-state index in [1.807, 2.05) is 29.2 Å². The highest BCUT2D eigenvalue weighted by Gasteiger charge is 2.35. The maximum absolute atomic E-state index is 13.0. The average molecular weight is 507 g/mol. The number of sulfonamides is 1. The van der Waals surface area contributed by atoms with Crippen LogP contribution in [0.1, 0.15) is 10.4 Å². The Balaban J connectivity index is 1.49. The Morgan fingerprint density at radius 2 is 2.09 bits per heavy atom. The first-order valence-corrected chi connectivity index (χ1v) is 13.7. The number of benzene rings is 1. The molecule has 8 nitrogen and oxygen atoms in total. The van der Waals surface area contributed by atoms with Gasteiger partial charge in [-0.3, -0.25) is 9.78 Å². The van der Waals surface area contributed by atoms with E-state index in [2.05, 4.69) is 15.0 Å². The summed E-state index contributed by atoms with van der Waals surface area (Å²) in [4.78, 5) is 20.2. The second-order valence-electron chi connectivity index (χ2n) is 8.21. The van der Waals surface area contributed by atoms with Gasteiger partial charge in [0.05, 0.1) is 16.5 Å². The number of rotatable bonds is 5. The summed E-state index contributed by atoms with van der Waals surface area (Å²) in [6.07, 6.45) is 2.76. The first-order valence-electron chi connectivity index (χ1n) is 10.6. The Labute approximate surface area is 201 Å². The molecule has 1 fully saturated rings. The molecule has 33 heavy (non-hydrogen) atoms. The minimum Gasteiger partial charge on any atom is -0.479 e. The van der Waals surface area contributed by atoms with E-state index in [0.29, 0.717) is 30.3 Å². The Morgan fingerprint density at radius 1 is 1.30 bits per heavy atom. The topological polar surface area (TPSA) is 101 Å². The van der Waals surface area contributed by atoms with Gasteiger partial charge in [-0.05, 0) is 24.3 Å². The molecule has 2 aromatic heterocycles. The molecule has 2 N–H and O–H groups in total. The minimum absolute atomic E-state index is 0.0000862. The lowest BCUT2D eigenvalue weighted by Crippen LogP contribution is -2.50. The standard InChI is InChI=1S/C22H23ClN4O4S2/c1-33(29,30)26-12-15-11-18-21(32-15)16(2-3-25-18)17-10-14(23)8-13-9-19(31-20(13)17)22(28)27-6-4-24-5-7-27/h2-3,8,10-11,19,24,26H,4-7,9,12H2,1H3. The van der Waals surface area contributed by atoms with Crippen molar-refractivity contribution in [3.63, 3.8) is 0 Å². The van der Waals surface area contributed by atoms with Gasteiger partial charge in [-0.25, -0.2) is 13.1 Å². The van der Waals surface area contributed by atoms with Gasteiger partial charge in [0.15, 0.2) is 6.10 Å². The van der Waals surface area contributed by atoms with E-state index < -0.39 is 16.1 Å². The molecule has 1 unspecified atom stereocenters. The largest absolute Gasteiger partial charge is 0.479 e. The third-order valence-electron chi connectivity index (χ3n) is 5.76. The normalized spacial score (nSPS) is 18.4. The zero-order valence-electron chi connectivity index (χ0n) is 17.9. The van der Waals surface area contributed by atoms with E-state index in [-0.39, 0.29) is 12.5 Å². The molecule has 0 spiro atoms. The molecule has 1 amide bonds. The maximum Gasteiger partial charge on any atom is 0.264 e. The molecule has 0 radical (unpaired) electrons. The first kappa shape index (κ1) is 22.5. The lowest BCUT2D eigenvalue weighted by molar-refractivity contribution is -0.138. The van der Waals surface area contributed by atoms with Crippen molar-refractivity contribution in [3.8, 4) is 16.9 Å². The van der Waals surface area contributed by atoms with Gasteiger partial charge in [-0.1, -0.05) is 11.6 Å². The third kappa shape index (κ3) is 4.71. The third-order valence-corrected chi connectivity index (χ3v) is 7.81. The molecule has 1 aromatic carbocycles. The Hall–Kier alpha value is -2.24. The molecule has 2 aliphatic rings. The van der Waals surface area contributed by atoms with Crippen LogP contribution < -0.4 is 14.8 Å². The number of amides is 1. The number of carbonyl (C=O) groups is 1. The van der Waals surface area contributed by atoms with Crippen LogP contribution in [0.4, 0.5) is 0 Å². The highest BCUT2D eigenvalue weighted by molar-refractivity contribution is 7.88. The summed E-state index contributed by atoms with van der Waals surface area (Å²) in [7, 11) is -3.30. The van der Waals surface area contributed by atoms with Gasteiger partial charge in [0.1, 0.15) is 5.75 Å². The van der Waals surface area contributed by atoms with Crippen LogP contribution in [0.5, 0.6) is 5.75 Å². The summed E-state index contributed by atoms with van der Waals surface area (Å²) in [6.45, 7) is 3.11. The number of fused-ring (bicyclic) bond motifs is 2. The summed E-state index contributed by atoms with van der Waals surface area (Å²) < 4.78 is 32.6. The van der Waals surface area contributed by atoms with Crippen LogP contribution in [0.25, 0.3) is 21.3 Å². The number of ether oxygens (including phenoxy) is 1. The van der Waals surface area contributed by atoms with Crippen molar-refractivity contribution in [3.05, 3.63) is 45.9 Å². The number of aromatic nitrogens is 1. The highest BCUT2D eigenvalue weighted by Crippen LogP contribution is 2.44. The number of piperazine rings is 1. The van der Waals surface area contributed by atoms with E-state index in [1.54, 1.807) is 6.20 Å². The summed E-state index contributed by atoms with van der Waals surface area (Å²) >= 11 is 7.93. The predicted molar refractivity (Wildman–Crippen MR) is 129 cm³/mol. The molecule has 1 saturated heterocycles. The molecule has 4 heterocycles. The number of thiophene rings is 1. The monoisotopic (exact) mass is 506 g/mol. The number of hydrogen-bond donors (Lipinski definition) is 2. The van der Waals surface area contributed by atoms with E-state index in [1.165, 1.54) is 11.3 Å². The van der Waals surface area contributed by atoms with Crippen LogP contribution in [0.2, 0.25) is 5.02 Å². The number of nitrogens with zero attached hydrogens (tertiary/aromatic N) is 2. The van der Waals surface area contributed by atoms with Gasteiger partial charge in [0, 0.05) is 71.9 Å². The Bertz CT molecular complexity index is 1340. The fraction of sp³-hybridized carbons (Fsp3) is 0.364. The molecule has 1 atom stereocenters. The molecule has 0 bridgehead atoms. The molecular weight excluding hydrogens is 484 g/mol. The highest BCUT2D eigenvalue weighted by atomic mass is 35.5. The molecule has 0 aliphatic carbocycles. The maximum atomic E-state index is 13.0. The summed E-state index contributed by atoms with van der Waals surface area (Å²) in [5.41, 5.74) is 3.38. The summed E-state index contributed by atoms with van der Waals surface area (Å²) in [5.74, 6) is 0.671. The Kier molecular flexibility index (Phi) is 6.04. The van der Waals surface area contributed by atoms with Crippen LogP contribution in [0.3, 0.4) is 0 Å². The van der Waals surface area contributed by atoms with Crippen LogP contribution in [0, 0.1) is 0 Å². The number of pyridine rings is 1. The van der Waals surface area contributed by atoms with Gasteiger partial charge in [-0.2, -0.15) is 0 Å². The van der Waals surface area contributed by atoms with Crippen LogP contribution in [-0.4, -0.2) is 62.7 Å². The van der Waals surface area contributed by atoms with E-state index in [4.69, 9.17) is 16.3 Å². The van der Waals surface area contributed by atoms with Crippen molar-refractivity contribution in [1.82, 2.24) is 19.9 Å². The van der Waals surface area contributed by atoms with Crippen LogP contribution in [-0.2, 0) is 27.8 Å². The zero-order valence-corrected chi connectivity index (χ0v) is 20.3. The summed E-state index contributed by atoms with van der Waals surface area (Å²) in [5, 5.41) is 3.83. The lowest BCUT2D eigenvalue weighted by atomic mass is 10.0. The second-order valence-corrected chi connectivity index (χ2v) is 11.6. The van der Waals surface area contributed by atoms with Crippen molar-refractivity contribution in [2.75, 3.05) is 32.4 Å².